The van der Waals surface area contributed by atoms with Gasteiger partial charge in [-0.25, -0.2) is 0 Å². The fraction of sp³-hybridized carbons (Fsp3) is 0.538. The van der Waals surface area contributed by atoms with Crippen molar-refractivity contribution in [2.45, 2.75) is 38.8 Å². The van der Waals surface area contributed by atoms with Gasteiger partial charge in [0.05, 0.1) is 41.3 Å². The van der Waals surface area contributed by atoms with E-state index in [1.165, 1.54) is 23.3 Å². The maximum Gasteiger partial charge on any atom is 0.243 e. The zero-order chi connectivity index (χ0) is 24.0. The molecule has 0 saturated heterocycles. The zero-order valence-electron chi connectivity index (χ0n) is 20.7. The van der Waals surface area contributed by atoms with E-state index < -0.39 is 0 Å². The third kappa shape index (κ3) is 12.4. The normalized spacial score (nSPS) is 11.6. The van der Waals surface area contributed by atoms with Gasteiger partial charge in [-0.15, -0.1) is 0 Å². The molecule has 0 aliphatic carbocycles. The van der Waals surface area contributed by atoms with Crippen LogP contribution in [0.2, 0.25) is 0 Å². The fourth-order valence-corrected chi connectivity index (χ4v) is 3.79. The van der Waals surface area contributed by atoms with Crippen LogP contribution in [0.15, 0.2) is 49.6 Å². The number of hydrogen-bond donors (Lipinski definition) is 2. The van der Waals surface area contributed by atoms with Crippen molar-refractivity contribution in [2.24, 2.45) is 0 Å². The van der Waals surface area contributed by atoms with Gasteiger partial charge in [0.25, 0.3) is 0 Å². The van der Waals surface area contributed by atoms with Crippen molar-refractivity contribution in [1.82, 2.24) is 10.6 Å². The Hall–Kier alpha value is -2.44. The third-order valence-corrected chi connectivity index (χ3v) is 5.59. The van der Waals surface area contributed by atoms with Crippen molar-refractivity contribution >= 4 is 11.8 Å². The number of quaternary nitrogens is 2. The second-order valence-corrected chi connectivity index (χ2v) is 9.86. The van der Waals surface area contributed by atoms with Crippen LogP contribution < -0.4 is 10.6 Å². The van der Waals surface area contributed by atoms with Crippen LogP contribution in [-0.4, -0.2) is 75.2 Å². The van der Waals surface area contributed by atoms with E-state index in [0.29, 0.717) is 13.1 Å². The smallest absolute Gasteiger partial charge is 0.243 e. The van der Waals surface area contributed by atoms with Crippen LogP contribution >= 0.6 is 0 Å². The predicted octanol–water partition coefficient (Wildman–Crippen LogP) is 3.00. The standard InChI is InChI=1S/C26H42N4O2/c1-7-25(31)27-17-9-11-19-29(3,4)21-23-13-15-24(16-14-23)22-30(5,6)20-12-10-18-28-26(32)8-2/h7-8,13-16H,1-2,9-12,17-22H2,3-6H3/p+2. The van der Waals surface area contributed by atoms with Crippen LogP contribution in [0.25, 0.3) is 0 Å². The number of carbonyl (C=O) groups excluding carboxylic acids is 2. The molecule has 0 atom stereocenters. The van der Waals surface area contributed by atoms with E-state index in [4.69, 9.17) is 0 Å². The van der Waals surface area contributed by atoms with E-state index in [2.05, 4.69) is 76.2 Å². The molecule has 0 saturated carbocycles. The lowest BCUT2D eigenvalue weighted by molar-refractivity contribution is -0.904. The summed E-state index contributed by atoms with van der Waals surface area (Å²) >= 11 is 0. The Morgan fingerprint density at radius 3 is 1.38 bits per heavy atom. The predicted molar refractivity (Wildman–Crippen MR) is 133 cm³/mol. The van der Waals surface area contributed by atoms with E-state index in [1.54, 1.807) is 0 Å². The van der Waals surface area contributed by atoms with Crippen LogP contribution in [0.3, 0.4) is 0 Å². The zero-order valence-corrected chi connectivity index (χ0v) is 20.7. The molecule has 1 aromatic carbocycles. The number of unbranched alkanes of at least 4 members (excludes halogenated alkanes) is 2. The fourth-order valence-electron chi connectivity index (χ4n) is 3.79. The highest BCUT2D eigenvalue weighted by Crippen LogP contribution is 2.15. The Labute approximate surface area is 195 Å². The summed E-state index contributed by atoms with van der Waals surface area (Å²) in [5.74, 6) is -0.199. The SMILES string of the molecule is C=CC(=O)NCCCC[N+](C)(C)Cc1ccc(C[N+](C)(C)CCCCNC(=O)C=C)cc1. The highest BCUT2D eigenvalue weighted by Gasteiger charge is 2.18. The molecule has 0 spiro atoms. The molecule has 6 heteroatoms. The van der Waals surface area contributed by atoms with Gasteiger partial charge in [-0.3, -0.25) is 9.59 Å². The number of rotatable bonds is 16. The molecule has 2 amide bonds. The van der Waals surface area contributed by atoms with Gasteiger partial charge in [0, 0.05) is 24.2 Å². The Morgan fingerprint density at radius 2 is 1.06 bits per heavy atom. The maximum atomic E-state index is 11.2. The summed E-state index contributed by atoms with van der Waals surface area (Å²) in [4.78, 5) is 22.4. The van der Waals surface area contributed by atoms with Crippen LogP contribution in [0.5, 0.6) is 0 Å². The first-order valence-corrected chi connectivity index (χ1v) is 11.6. The van der Waals surface area contributed by atoms with Crippen molar-refractivity contribution in [3.8, 4) is 0 Å². The summed E-state index contributed by atoms with van der Waals surface area (Å²) in [7, 11) is 9.03. The van der Waals surface area contributed by atoms with Crippen molar-refractivity contribution in [2.75, 3.05) is 54.4 Å². The summed E-state index contributed by atoms with van der Waals surface area (Å²) < 4.78 is 1.86. The van der Waals surface area contributed by atoms with Crippen LogP contribution in [0, 0.1) is 0 Å². The summed E-state index contributed by atoms with van der Waals surface area (Å²) in [5.41, 5.74) is 2.70. The topological polar surface area (TPSA) is 58.2 Å². The summed E-state index contributed by atoms with van der Waals surface area (Å²) in [6, 6.07) is 9.02. The number of nitrogens with one attached hydrogen (secondary N) is 2. The lowest BCUT2D eigenvalue weighted by Gasteiger charge is -2.31. The van der Waals surface area contributed by atoms with Crippen molar-refractivity contribution in [3.05, 3.63) is 60.7 Å². The first-order valence-electron chi connectivity index (χ1n) is 11.6. The molecule has 0 aliphatic heterocycles. The molecule has 0 unspecified atom stereocenters. The van der Waals surface area contributed by atoms with Gasteiger partial charge in [0.1, 0.15) is 13.1 Å². The first kappa shape index (κ1) is 27.6. The van der Waals surface area contributed by atoms with Gasteiger partial charge >= 0.3 is 0 Å². The van der Waals surface area contributed by atoms with Gasteiger partial charge < -0.3 is 19.6 Å². The minimum atomic E-state index is -0.0994. The van der Waals surface area contributed by atoms with E-state index in [0.717, 1.165) is 60.8 Å². The quantitative estimate of drug-likeness (QED) is 0.234. The third-order valence-electron chi connectivity index (χ3n) is 5.59. The Kier molecular flexibility index (Phi) is 12.0. The van der Waals surface area contributed by atoms with Gasteiger partial charge in [-0.2, -0.15) is 0 Å². The highest BCUT2D eigenvalue weighted by molar-refractivity contribution is 5.87. The van der Waals surface area contributed by atoms with E-state index in [9.17, 15) is 9.59 Å². The summed E-state index contributed by atoms with van der Waals surface area (Å²) in [6.07, 6.45) is 6.74. The largest absolute Gasteiger partial charge is 0.353 e. The molecular weight excluding hydrogens is 400 g/mol. The molecule has 1 rings (SSSR count). The van der Waals surface area contributed by atoms with Gasteiger partial charge in [-0.05, 0) is 37.8 Å². The Morgan fingerprint density at radius 1 is 0.719 bits per heavy atom. The van der Waals surface area contributed by atoms with Crippen LogP contribution in [0.4, 0.5) is 0 Å². The van der Waals surface area contributed by atoms with Crippen LogP contribution in [0.1, 0.15) is 36.8 Å². The number of nitrogens with zero attached hydrogens (tertiary/aromatic N) is 2. The van der Waals surface area contributed by atoms with Gasteiger partial charge in [0.2, 0.25) is 11.8 Å². The van der Waals surface area contributed by atoms with E-state index in [1.807, 2.05) is 0 Å². The second-order valence-electron chi connectivity index (χ2n) is 9.86. The van der Waals surface area contributed by atoms with Crippen molar-refractivity contribution in [1.29, 1.82) is 0 Å². The molecule has 0 heterocycles. The molecule has 0 fully saturated rings. The number of hydrogen-bond acceptors (Lipinski definition) is 2. The molecule has 0 bridgehead atoms. The first-order chi connectivity index (χ1) is 15.1. The van der Waals surface area contributed by atoms with E-state index in [-0.39, 0.29) is 11.8 Å². The highest BCUT2D eigenvalue weighted by atomic mass is 16.2. The molecular formula is C26H44N4O2+2. The molecule has 2 N–H and O–H groups in total. The molecule has 1 aromatic rings. The van der Waals surface area contributed by atoms with Crippen molar-refractivity contribution in [3.63, 3.8) is 0 Å². The lowest BCUT2D eigenvalue weighted by Crippen LogP contribution is -2.40. The van der Waals surface area contributed by atoms with Crippen molar-refractivity contribution < 1.29 is 18.6 Å². The van der Waals surface area contributed by atoms with Gasteiger partial charge in [-0.1, -0.05) is 37.4 Å². The lowest BCUT2D eigenvalue weighted by atomic mass is 10.1. The monoisotopic (exact) mass is 444 g/mol. The average molecular weight is 445 g/mol. The van der Waals surface area contributed by atoms with Gasteiger partial charge in [0.15, 0.2) is 0 Å². The molecule has 6 nitrogen and oxygen atoms in total. The molecule has 32 heavy (non-hydrogen) atoms. The number of carbonyl (C=O) groups is 2. The summed E-state index contributed by atoms with van der Waals surface area (Å²) in [6.45, 7) is 12.5. The minimum Gasteiger partial charge on any atom is -0.353 e. The summed E-state index contributed by atoms with van der Waals surface area (Å²) in [5, 5.41) is 5.67. The number of amides is 2. The molecule has 0 aromatic heterocycles. The molecule has 0 aliphatic rings. The molecule has 178 valence electrons. The number of benzene rings is 1. The van der Waals surface area contributed by atoms with E-state index >= 15 is 0 Å². The average Bonchev–Trinajstić information content (AvgIpc) is 2.73. The van der Waals surface area contributed by atoms with Crippen LogP contribution in [-0.2, 0) is 22.7 Å². The Bertz CT molecular complexity index is 676. The molecule has 0 radical (unpaired) electrons. The second kappa shape index (κ2) is 13.9. The maximum absolute atomic E-state index is 11.2. The minimum absolute atomic E-state index is 0.0994. The Balaban J connectivity index is 2.39.